The predicted octanol–water partition coefficient (Wildman–Crippen LogP) is 3.86. The quantitative estimate of drug-likeness (QED) is 0.440. The third-order valence-corrected chi connectivity index (χ3v) is 5.89. The lowest BCUT2D eigenvalue weighted by molar-refractivity contribution is -0.136. The number of benzene rings is 2. The Morgan fingerprint density at radius 1 is 0.700 bits per heavy atom. The van der Waals surface area contributed by atoms with Crippen LogP contribution in [-0.4, -0.2) is 46.4 Å². The number of aliphatic carboxylic acids is 2. The fourth-order valence-corrected chi connectivity index (χ4v) is 4.42. The van der Waals surface area contributed by atoms with Crippen LogP contribution in [0.3, 0.4) is 0 Å². The summed E-state index contributed by atoms with van der Waals surface area (Å²) in [6.45, 7) is 0. The molecule has 0 bridgehead atoms. The number of carboxylic acid groups (broad SMARTS) is 2. The van der Waals surface area contributed by atoms with Gasteiger partial charge >= 0.3 is 11.9 Å². The molecule has 0 atom stereocenters. The molecule has 2 aromatic rings. The van der Waals surface area contributed by atoms with Crippen molar-refractivity contribution in [2.45, 2.75) is 22.6 Å². The van der Waals surface area contributed by atoms with Crippen LogP contribution in [0.4, 0.5) is 0 Å². The minimum Gasteiger partial charge on any atom is -0.481 e. The highest BCUT2D eigenvalue weighted by Gasteiger charge is 2.14. The Morgan fingerprint density at radius 3 is 1.43 bits per heavy atom. The minimum absolute atomic E-state index is 0.305. The van der Waals surface area contributed by atoms with Gasteiger partial charge in [-0.2, -0.15) is 0 Å². The van der Waals surface area contributed by atoms with Crippen LogP contribution in [-0.2, 0) is 9.59 Å². The molecule has 8 nitrogen and oxygen atoms in total. The molecular weight excluding hydrogens is 428 g/mol. The summed E-state index contributed by atoms with van der Waals surface area (Å²) in [5.41, 5.74) is 0.611. The van der Waals surface area contributed by atoms with Gasteiger partial charge in [0.15, 0.2) is 0 Å². The second-order valence-corrected chi connectivity index (χ2v) is 7.80. The fourth-order valence-electron chi connectivity index (χ4n) is 2.07. The van der Waals surface area contributed by atoms with Gasteiger partial charge in [0.1, 0.15) is 0 Å². The summed E-state index contributed by atoms with van der Waals surface area (Å²) < 4.78 is 0. The summed E-state index contributed by atoms with van der Waals surface area (Å²) in [4.78, 5) is 54.1. The van der Waals surface area contributed by atoms with E-state index in [9.17, 15) is 19.2 Å². The molecule has 2 N–H and O–H groups in total. The Balaban J connectivity index is 2.15. The van der Waals surface area contributed by atoms with E-state index in [2.05, 4.69) is 9.98 Å². The first-order chi connectivity index (χ1) is 14.4. The lowest BCUT2D eigenvalue weighted by atomic mass is 10.2. The molecule has 0 spiro atoms. The van der Waals surface area contributed by atoms with Crippen molar-refractivity contribution in [2.24, 2.45) is 9.98 Å². The molecule has 2 aromatic carbocycles. The molecule has 10 heteroatoms. The monoisotopic (exact) mass is 444 g/mol. The molecule has 0 heterocycles. The highest BCUT2D eigenvalue weighted by molar-refractivity contribution is 8.76. The zero-order valence-corrected chi connectivity index (χ0v) is 17.1. The maximum atomic E-state index is 12.3. The first-order valence-electron chi connectivity index (χ1n) is 8.48. The highest BCUT2D eigenvalue weighted by Crippen LogP contribution is 2.40. The molecule has 0 aromatic heterocycles. The average molecular weight is 444 g/mol. The highest BCUT2D eigenvalue weighted by atomic mass is 33.1. The third kappa shape index (κ3) is 7.30. The van der Waals surface area contributed by atoms with Gasteiger partial charge in [-0.05, 0) is 24.3 Å². The van der Waals surface area contributed by atoms with Crippen LogP contribution in [0.1, 0.15) is 33.6 Å². The summed E-state index contributed by atoms with van der Waals surface area (Å²) in [6.07, 6.45) is 1.38. The molecule has 30 heavy (non-hydrogen) atoms. The van der Waals surface area contributed by atoms with Gasteiger partial charge in [-0.15, -0.1) is 0 Å². The number of amides is 2. The standard InChI is InChI=1S/C20H16N2O6S2/c23-17(24)9-11-21-19(27)13-5-1-3-7-15(13)29-30-16-8-4-2-6-14(16)20(28)22-12-10-18(25)26/h1-8,11-12H,9-10H2,(H,23,24)(H,25,26). The maximum Gasteiger partial charge on any atom is 0.308 e. The van der Waals surface area contributed by atoms with Crippen molar-refractivity contribution in [1.82, 2.24) is 0 Å². The zero-order chi connectivity index (χ0) is 21.9. The van der Waals surface area contributed by atoms with Gasteiger partial charge in [0.2, 0.25) is 0 Å². The van der Waals surface area contributed by atoms with Crippen LogP contribution in [0.5, 0.6) is 0 Å². The van der Waals surface area contributed by atoms with Gasteiger partial charge < -0.3 is 10.2 Å². The van der Waals surface area contributed by atoms with E-state index in [1.165, 1.54) is 21.6 Å². The van der Waals surface area contributed by atoms with E-state index in [4.69, 9.17) is 10.2 Å². The van der Waals surface area contributed by atoms with Gasteiger partial charge in [-0.1, -0.05) is 45.9 Å². The van der Waals surface area contributed by atoms with Gasteiger partial charge in [-0.25, -0.2) is 9.98 Å². The van der Waals surface area contributed by atoms with Crippen molar-refractivity contribution >= 4 is 57.8 Å². The van der Waals surface area contributed by atoms with Gasteiger partial charge in [-0.3, -0.25) is 19.2 Å². The lowest BCUT2D eigenvalue weighted by Gasteiger charge is -2.08. The van der Waals surface area contributed by atoms with Crippen molar-refractivity contribution < 1.29 is 29.4 Å². The zero-order valence-electron chi connectivity index (χ0n) is 15.4. The van der Waals surface area contributed by atoms with Crippen LogP contribution in [0.25, 0.3) is 0 Å². The molecule has 0 radical (unpaired) electrons. The molecule has 2 rings (SSSR count). The van der Waals surface area contributed by atoms with E-state index >= 15 is 0 Å². The second kappa shape index (κ2) is 11.7. The number of carboxylic acids is 2. The van der Waals surface area contributed by atoms with E-state index in [0.29, 0.717) is 20.9 Å². The summed E-state index contributed by atoms with van der Waals surface area (Å²) in [6, 6.07) is 13.4. The smallest absolute Gasteiger partial charge is 0.308 e. The SMILES string of the molecule is O=C(O)CC=NC(=O)c1ccccc1SSc1ccccc1C(=O)N=CCC(=O)O. The average Bonchev–Trinajstić information content (AvgIpc) is 2.72. The van der Waals surface area contributed by atoms with Crippen molar-refractivity contribution in [3.63, 3.8) is 0 Å². The molecule has 0 aliphatic heterocycles. The topological polar surface area (TPSA) is 133 Å². The normalized spacial score (nSPS) is 11.1. The summed E-state index contributed by atoms with van der Waals surface area (Å²) >= 11 is 0. The number of aliphatic imine (C=N–C) groups is 2. The molecule has 0 aliphatic carbocycles. The van der Waals surface area contributed by atoms with Gasteiger partial charge in [0.25, 0.3) is 11.8 Å². The first kappa shape index (κ1) is 23.0. The van der Waals surface area contributed by atoms with Crippen molar-refractivity contribution in [2.75, 3.05) is 0 Å². The van der Waals surface area contributed by atoms with Crippen LogP contribution in [0.15, 0.2) is 68.3 Å². The van der Waals surface area contributed by atoms with Crippen molar-refractivity contribution in [1.29, 1.82) is 0 Å². The fraction of sp³-hybridized carbons (Fsp3) is 0.100. The molecule has 0 fully saturated rings. The Bertz CT molecular complexity index is 938. The van der Waals surface area contributed by atoms with Gasteiger partial charge in [0, 0.05) is 22.2 Å². The molecule has 2 amide bonds. The molecule has 154 valence electrons. The Hall–Kier alpha value is -3.24. The Labute approximate surface area is 179 Å². The van der Waals surface area contributed by atoms with Gasteiger partial charge in [0.05, 0.1) is 24.0 Å². The number of carbonyl (C=O) groups is 4. The number of nitrogens with zero attached hydrogens (tertiary/aromatic N) is 2. The Morgan fingerprint density at radius 2 is 1.07 bits per heavy atom. The van der Waals surface area contributed by atoms with E-state index in [-0.39, 0.29) is 12.8 Å². The molecule has 0 aliphatic rings. The maximum absolute atomic E-state index is 12.3. The molecule has 0 saturated carbocycles. The molecule has 0 unspecified atom stereocenters. The van der Waals surface area contributed by atoms with E-state index in [1.807, 2.05) is 0 Å². The third-order valence-electron chi connectivity index (χ3n) is 3.41. The van der Waals surface area contributed by atoms with E-state index in [1.54, 1.807) is 48.5 Å². The molecular formula is C20H16N2O6S2. The number of carbonyl (C=O) groups excluding carboxylic acids is 2. The van der Waals surface area contributed by atoms with Crippen molar-refractivity contribution in [3.8, 4) is 0 Å². The van der Waals surface area contributed by atoms with Crippen LogP contribution >= 0.6 is 21.6 Å². The number of hydrogen-bond donors (Lipinski definition) is 2. The predicted molar refractivity (Wildman–Crippen MR) is 115 cm³/mol. The number of hydrogen-bond acceptors (Lipinski definition) is 6. The second-order valence-electron chi connectivity index (χ2n) is 5.59. The summed E-state index contributed by atoms with van der Waals surface area (Å²) in [7, 11) is 2.47. The van der Waals surface area contributed by atoms with E-state index < -0.39 is 23.8 Å². The summed E-state index contributed by atoms with van der Waals surface area (Å²) in [5, 5.41) is 17.3. The van der Waals surface area contributed by atoms with Crippen LogP contribution < -0.4 is 0 Å². The number of rotatable bonds is 9. The van der Waals surface area contributed by atoms with E-state index in [0.717, 1.165) is 12.4 Å². The Kier molecular flexibility index (Phi) is 8.98. The van der Waals surface area contributed by atoms with Crippen LogP contribution in [0, 0.1) is 0 Å². The minimum atomic E-state index is -1.09. The lowest BCUT2D eigenvalue weighted by Crippen LogP contribution is -2.01. The van der Waals surface area contributed by atoms with Crippen molar-refractivity contribution in [3.05, 3.63) is 59.7 Å². The largest absolute Gasteiger partial charge is 0.481 e. The summed E-state index contributed by atoms with van der Waals surface area (Å²) in [5.74, 6) is -3.31. The van der Waals surface area contributed by atoms with Crippen LogP contribution in [0.2, 0.25) is 0 Å². The first-order valence-corrected chi connectivity index (χ1v) is 10.6. The molecule has 0 saturated heterocycles.